The number of carbonyl (C=O) groups excluding carboxylic acids is 1. The monoisotopic (exact) mass is 370 g/mol. The second-order valence-corrected chi connectivity index (χ2v) is 5.71. The molecule has 2 rings (SSSR count). The zero-order chi connectivity index (χ0) is 18.9. The molecular formula is C18H26O8. The fourth-order valence-electron chi connectivity index (χ4n) is 2.91. The minimum Gasteiger partial charge on any atom is -0.431 e. The number of carbonyl (C=O) groups is 1. The maximum absolute atomic E-state index is 11.8. The summed E-state index contributed by atoms with van der Waals surface area (Å²) in [6, 6.07) is 9.33. The van der Waals surface area contributed by atoms with E-state index < -0.39 is 36.9 Å². The van der Waals surface area contributed by atoms with Crippen LogP contribution in [0.4, 0.5) is 4.79 Å². The number of methoxy groups -OCH3 is 4. The SMILES string of the molecule is COC1OC(COC(=O)OCc2ccccc2)C(OC)C(OC)C1OC. The molecule has 1 aliphatic rings. The molecule has 1 aromatic rings. The summed E-state index contributed by atoms with van der Waals surface area (Å²) in [7, 11) is 6.12. The predicted molar refractivity (Wildman–Crippen MR) is 90.6 cm³/mol. The highest BCUT2D eigenvalue weighted by Gasteiger charge is 2.47. The third kappa shape index (κ3) is 5.15. The summed E-state index contributed by atoms with van der Waals surface area (Å²) in [6.45, 7) is 0.0638. The number of ether oxygens (including phenoxy) is 7. The Labute approximate surface area is 153 Å². The Hall–Kier alpha value is -1.71. The molecule has 0 N–H and O–H groups in total. The third-order valence-corrected chi connectivity index (χ3v) is 4.20. The van der Waals surface area contributed by atoms with Crippen LogP contribution in [-0.2, 0) is 39.8 Å². The highest BCUT2D eigenvalue weighted by Crippen LogP contribution is 2.27. The van der Waals surface area contributed by atoms with Crippen molar-refractivity contribution in [2.24, 2.45) is 0 Å². The van der Waals surface area contributed by atoms with Gasteiger partial charge in [-0.05, 0) is 5.56 Å². The van der Waals surface area contributed by atoms with Crippen molar-refractivity contribution in [1.82, 2.24) is 0 Å². The van der Waals surface area contributed by atoms with Crippen molar-refractivity contribution in [1.29, 1.82) is 0 Å². The first-order valence-corrected chi connectivity index (χ1v) is 8.24. The summed E-state index contributed by atoms with van der Waals surface area (Å²) >= 11 is 0. The average molecular weight is 370 g/mol. The molecule has 0 aromatic heterocycles. The highest BCUT2D eigenvalue weighted by atomic mass is 16.7. The summed E-state index contributed by atoms with van der Waals surface area (Å²) in [4.78, 5) is 11.8. The molecule has 0 spiro atoms. The first-order chi connectivity index (χ1) is 12.6. The van der Waals surface area contributed by atoms with Gasteiger partial charge in [0.2, 0.25) is 0 Å². The normalized spacial score (nSPS) is 28.5. The molecule has 0 radical (unpaired) electrons. The van der Waals surface area contributed by atoms with Crippen LogP contribution >= 0.6 is 0 Å². The standard InChI is InChI=1S/C18H26O8/c1-20-14-13(26-17(23-4)16(22-3)15(14)21-2)11-25-18(19)24-10-12-8-6-5-7-9-12/h5-9,13-17H,10-11H2,1-4H3. The summed E-state index contributed by atoms with van der Waals surface area (Å²) in [5.41, 5.74) is 0.870. The van der Waals surface area contributed by atoms with E-state index in [4.69, 9.17) is 33.2 Å². The van der Waals surface area contributed by atoms with Crippen LogP contribution in [0.15, 0.2) is 30.3 Å². The van der Waals surface area contributed by atoms with E-state index in [2.05, 4.69) is 0 Å². The van der Waals surface area contributed by atoms with Crippen LogP contribution in [0.5, 0.6) is 0 Å². The minimum atomic E-state index is -0.788. The Kier molecular flexibility index (Phi) is 8.27. The first kappa shape index (κ1) is 20.6. The quantitative estimate of drug-likeness (QED) is 0.640. The Morgan fingerprint density at radius 1 is 0.885 bits per heavy atom. The van der Waals surface area contributed by atoms with Crippen LogP contribution in [0, 0.1) is 0 Å². The molecule has 8 nitrogen and oxygen atoms in total. The smallest absolute Gasteiger partial charge is 0.431 e. The van der Waals surface area contributed by atoms with Gasteiger partial charge in [0.25, 0.3) is 0 Å². The van der Waals surface area contributed by atoms with Gasteiger partial charge in [0, 0.05) is 28.4 Å². The van der Waals surface area contributed by atoms with Crippen LogP contribution in [-0.4, -0.2) is 71.9 Å². The van der Waals surface area contributed by atoms with Crippen molar-refractivity contribution in [2.45, 2.75) is 37.3 Å². The van der Waals surface area contributed by atoms with Crippen molar-refractivity contribution in [3.8, 4) is 0 Å². The molecule has 26 heavy (non-hydrogen) atoms. The van der Waals surface area contributed by atoms with E-state index in [0.717, 1.165) is 5.56 Å². The molecular weight excluding hydrogens is 344 g/mol. The summed E-state index contributed by atoms with van der Waals surface area (Å²) in [6.07, 6.45) is -3.48. The van der Waals surface area contributed by atoms with Gasteiger partial charge in [0.15, 0.2) is 6.29 Å². The second-order valence-electron chi connectivity index (χ2n) is 5.71. The third-order valence-electron chi connectivity index (χ3n) is 4.20. The number of hydrogen-bond acceptors (Lipinski definition) is 8. The Morgan fingerprint density at radius 3 is 2.12 bits per heavy atom. The minimum absolute atomic E-state index is 0.0672. The van der Waals surface area contributed by atoms with Crippen molar-refractivity contribution < 1.29 is 38.0 Å². The van der Waals surface area contributed by atoms with Crippen LogP contribution in [0.2, 0.25) is 0 Å². The van der Waals surface area contributed by atoms with Crippen LogP contribution in [0.1, 0.15) is 5.56 Å². The summed E-state index contributed by atoms with van der Waals surface area (Å²) in [5.74, 6) is 0. The van der Waals surface area contributed by atoms with Gasteiger partial charge < -0.3 is 33.2 Å². The van der Waals surface area contributed by atoms with E-state index in [1.807, 2.05) is 30.3 Å². The lowest BCUT2D eigenvalue weighted by atomic mass is 9.98. The lowest BCUT2D eigenvalue weighted by Crippen LogP contribution is -2.61. The maximum Gasteiger partial charge on any atom is 0.508 e. The van der Waals surface area contributed by atoms with E-state index >= 15 is 0 Å². The molecule has 1 saturated heterocycles. The molecule has 1 aliphatic heterocycles. The predicted octanol–water partition coefficient (Wildman–Crippen LogP) is 1.76. The van der Waals surface area contributed by atoms with Crippen molar-refractivity contribution in [3.63, 3.8) is 0 Å². The molecule has 1 fully saturated rings. The highest BCUT2D eigenvalue weighted by molar-refractivity contribution is 5.59. The van der Waals surface area contributed by atoms with E-state index in [9.17, 15) is 4.79 Å². The zero-order valence-electron chi connectivity index (χ0n) is 15.5. The van der Waals surface area contributed by atoms with Gasteiger partial charge in [0.05, 0.1) is 0 Å². The lowest BCUT2D eigenvalue weighted by molar-refractivity contribution is -0.306. The summed E-state index contributed by atoms with van der Waals surface area (Å²) < 4.78 is 37.7. The average Bonchev–Trinajstić information content (AvgIpc) is 2.69. The molecule has 0 amide bonds. The van der Waals surface area contributed by atoms with Gasteiger partial charge in [-0.15, -0.1) is 0 Å². The summed E-state index contributed by atoms with van der Waals surface area (Å²) in [5, 5.41) is 0. The molecule has 8 heteroatoms. The molecule has 5 atom stereocenters. The van der Waals surface area contributed by atoms with Gasteiger partial charge in [-0.1, -0.05) is 30.3 Å². The Bertz CT molecular complexity index is 537. The fourth-order valence-corrected chi connectivity index (χ4v) is 2.91. The van der Waals surface area contributed by atoms with Crippen molar-refractivity contribution in [3.05, 3.63) is 35.9 Å². The Balaban J connectivity index is 1.90. The van der Waals surface area contributed by atoms with E-state index in [-0.39, 0.29) is 13.2 Å². The van der Waals surface area contributed by atoms with Crippen LogP contribution in [0.3, 0.4) is 0 Å². The number of rotatable bonds is 8. The van der Waals surface area contributed by atoms with Gasteiger partial charge in [0.1, 0.15) is 37.6 Å². The molecule has 1 heterocycles. The lowest BCUT2D eigenvalue weighted by Gasteiger charge is -2.43. The number of hydrogen-bond donors (Lipinski definition) is 0. The van der Waals surface area contributed by atoms with Crippen molar-refractivity contribution >= 4 is 6.16 Å². The van der Waals surface area contributed by atoms with Gasteiger partial charge in [-0.25, -0.2) is 4.79 Å². The molecule has 1 aromatic carbocycles. The van der Waals surface area contributed by atoms with Crippen molar-refractivity contribution in [2.75, 3.05) is 35.0 Å². The van der Waals surface area contributed by atoms with Gasteiger partial charge in [-0.3, -0.25) is 0 Å². The molecule has 0 saturated carbocycles. The molecule has 146 valence electrons. The number of benzene rings is 1. The Morgan fingerprint density at radius 2 is 1.54 bits per heavy atom. The topological polar surface area (TPSA) is 81.7 Å². The second kappa shape index (κ2) is 10.4. The maximum atomic E-state index is 11.8. The van der Waals surface area contributed by atoms with Gasteiger partial charge in [-0.2, -0.15) is 0 Å². The van der Waals surface area contributed by atoms with E-state index in [1.54, 1.807) is 7.11 Å². The molecule has 0 aliphatic carbocycles. The molecule has 0 bridgehead atoms. The van der Waals surface area contributed by atoms with E-state index in [1.165, 1.54) is 21.3 Å². The van der Waals surface area contributed by atoms with Gasteiger partial charge >= 0.3 is 6.16 Å². The largest absolute Gasteiger partial charge is 0.508 e. The zero-order valence-corrected chi connectivity index (χ0v) is 15.5. The molecule has 5 unspecified atom stereocenters. The van der Waals surface area contributed by atoms with Crippen LogP contribution < -0.4 is 0 Å². The first-order valence-electron chi connectivity index (χ1n) is 8.24. The van der Waals surface area contributed by atoms with Crippen LogP contribution in [0.25, 0.3) is 0 Å². The van der Waals surface area contributed by atoms with E-state index in [0.29, 0.717) is 0 Å². The fraction of sp³-hybridized carbons (Fsp3) is 0.611.